The van der Waals surface area contributed by atoms with Crippen LogP contribution in [0.15, 0.2) is 60.7 Å². The minimum absolute atomic E-state index is 0.0630. The van der Waals surface area contributed by atoms with Crippen LogP contribution in [0.5, 0.6) is 0 Å². The van der Waals surface area contributed by atoms with Gasteiger partial charge >= 0.3 is 12.1 Å². The Morgan fingerprint density at radius 3 is 2.21 bits per heavy atom. The Hall–Kier alpha value is -3.35. The fraction of sp³-hybridized carbons (Fsp3) is 0.318. The van der Waals surface area contributed by atoms with Crippen LogP contribution in [0.25, 0.3) is 0 Å². The van der Waals surface area contributed by atoms with Gasteiger partial charge in [-0.2, -0.15) is 0 Å². The number of carbonyl (C=O) groups excluding carboxylic acids is 3. The number of rotatable bonds is 6. The van der Waals surface area contributed by atoms with Crippen molar-refractivity contribution >= 4 is 18.0 Å². The molecule has 2 aromatic carbocycles. The van der Waals surface area contributed by atoms with Crippen LogP contribution >= 0.6 is 0 Å². The minimum atomic E-state index is -1.09. The van der Waals surface area contributed by atoms with Gasteiger partial charge in [0.15, 0.2) is 0 Å². The lowest BCUT2D eigenvalue weighted by Gasteiger charge is -2.32. The van der Waals surface area contributed by atoms with Gasteiger partial charge in [0.25, 0.3) is 0 Å². The molecule has 29 heavy (non-hydrogen) atoms. The number of carbonyl (C=O) groups is 3. The molecule has 1 aliphatic heterocycles. The van der Waals surface area contributed by atoms with E-state index in [0.29, 0.717) is 13.1 Å². The summed E-state index contributed by atoms with van der Waals surface area (Å²) in [5, 5.41) is 0. The molecule has 0 aliphatic carbocycles. The van der Waals surface area contributed by atoms with Crippen LogP contribution in [0.3, 0.4) is 0 Å². The second-order valence-corrected chi connectivity index (χ2v) is 6.89. The van der Waals surface area contributed by atoms with Crippen LogP contribution in [0.1, 0.15) is 11.1 Å². The van der Waals surface area contributed by atoms with Gasteiger partial charge in [-0.3, -0.25) is 9.69 Å². The highest BCUT2D eigenvalue weighted by molar-refractivity contribution is 5.84. The lowest BCUT2D eigenvalue weighted by Crippen LogP contribution is -2.51. The van der Waals surface area contributed by atoms with Crippen molar-refractivity contribution < 1.29 is 23.9 Å². The van der Waals surface area contributed by atoms with Gasteiger partial charge in [0.1, 0.15) is 13.2 Å². The predicted octanol–water partition coefficient (Wildman–Crippen LogP) is 2.25. The standard InChI is InChI=1S/C22H24N2O5/c1-23-12-13-24(15-20(23)25)22(27)29-19(14-17-8-4-2-5-9-17)21(26)28-16-18-10-6-3-7-11-18/h2-11,19H,12-16H2,1H3. The molecular formula is C22H24N2O5. The number of esters is 1. The van der Waals surface area contributed by atoms with E-state index in [1.54, 1.807) is 11.9 Å². The Labute approximate surface area is 169 Å². The molecule has 2 aromatic rings. The number of benzene rings is 2. The topological polar surface area (TPSA) is 76.2 Å². The van der Waals surface area contributed by atoms with E-state index in [1.807, 2.05) is 60.7 Å². The maximum atomic E-state index is 12.7. The quantitative estimate of drug-likeness (QED) is 0.700. The summed E-state index contributed by atoms with van der Waals surface area (Å²) in [6.07, 6.45) is -1.59. The minimum Gasteiger partial charge on any atom is -0.458 e. The summed E-state index contributed by atoms with van der Waals surface area (Å²) in [6, 6.07) is 18.6. The second kappa shape index (κ2) is 9.73. The summed E-state index contributed by atoms with van der Waals surface area (Å²) in [7, 11) is 1.68. The van der Waals surface area contributed by atoms with E-state index >= 15 is 0 Å². The monoisotopic (exact) mass is 396 g/mol. The number of ether oxygens (including phenoxy) is 2. The van der Waals surface area contributed by atoms with Crippen LogP contribution in [0.4, 0.5) is 4.79 Å². The lowest BCUT2D eigenvalue weighted by molar-refractivity contribution is -0.155. The van der Waals surface area contributed by atoms with Gasteiger partial charge in [0, 0.05) is 26.6 Å². The molecule has 3 rings (SSSR count). The van der Waals surface area contributed by atoms with Crippen LogP contribution in [-0.4, -0.2) is 60.6 Å². The first-order valence-electron chi connectivity index (χ1n) is 9.47. The zero-order chi connectivity index (χ0) is 20.6. The van der Waals surface area contributed by atoms with Gasteiger partial charge in [-0.15, -0.1) is 0 Å². The highest BCUT2D eigenvalue weighted by atomic mass is 16.6. The Balaban J connectivity index is 1.66. The molecule has 0 bridgehead atoms. The fourth-order valence-electron chi connectivity index (χ4n) is 2.93. The maximum absolute atomic E-state index is 12.7. The Kier molecular flexibility index (Phi) is 6.84. The van der Waals surface area contributed by atoms with Crippen molar-refractivity contribution in [2.45, 2.75) is 19.1 Å². The first-order chi connectivity index (χ1) is 14.0. The summed E-state index contributed by atoms with van der Waals surface area (Å²) in [6.45, 7) is 0.815. The summed E-state index contributed by atoms with van der Waals surface area (Å²) in [4.78, 5) is 39.9. The van der Waals surface area contributed by atoms with Crippen molar-refractivity contribution in [1.29, 1.82) is 0 Å². The first kappa shape index (κ1) is 20.4. The van der Waals surface area contributed by atoms with Crippen molar-refractivity contribution in [2.24, 2.45) is 0 Å². The molecule has 1 aliphatic rings. The zero-order valence-corrected chi connectivity index (χ0v) is 16.3. The van der Waals surface area contributed by atoms with Gasteiger partial charge < -0.3 is 14.4 Å². The van der Waals surface area contributed by atoms with Crippen molar-refractivity contribution in [3.63, 3.8) is 0 Å². The van der Waals surface area contributed by atoms with Crippen LogP contribution in [0.2, 0.25) is 0 Å². The molecule has 0 aromatic heterocycles. The zero-order valence-electron chi connectivity index (χ0n) is 16.3. The van der Waals surface area contributed by atoms with E-state index in [9.17, 15) is 14.4 Å². The molecule has 2 amide bonds. The normalized spacial score (nSPS) is 15.0. The third kappa shape index (κ3) is 5.81. The summed E-state index contributed by atoms with van der Waals surface area (Å²) in [5.74, 6) is -0.786. The van der Waals surface area contributed by atoms with Crippen LogP contribution in [0, 0.1) is 0 Å². The average Bonchev–Trinajstić information content (AvgIpc) is 2.75. The molecule has 7 heteroatoms. The van der Waals surface area contributed by atoms with Crippen LogP contribution in [-0.2, 0) is 32.1 Å². The second-order valence-electron chi connectivity index (χ2n) is 6.89. The summed E-state index contributed by atoms with van der Waals surface area (Å²) < 4.78 is 10.8. The summed E-state index contributed by atoms with van der Waals surface area (Å²) >= 11 is 0. The summed E-state index contributed by atoms with van der Waals surface area (Å²) in [5.41, 5.74) is 1.69. The number of amides is 2. The number of hydrogen-bond donors (Lipinski definition) is 0. The molecule has 0 spiro atoms. The van der Waals surface area contributed by atoms with Crippen molar-refractivity contribution in [3.05, 3.63) is 71.8 Å². The van der Waals surface area contributed by atoms with E-state index in [1.165, 1.54) is 4.90 Å². The fourth-order valence-corrected chi connectivity index (χ4v) is 2.93. The molecule has 1 atom stereocenters. The number of piperazine rings is 1. The third-order valence-electron chi connectivity index (χ3n) is 4.71. The molecule has 1 heterocycles. The SMILES string of the molecule is CN1CCN(C(=O)OC(Cc2ccccc2)C(=O)OCc2ccccc2)CC1=O. The van der Waals surface area contributed by atoms with Gasteiger partial charge in [-0.1, -0.05) is 60.7 Å². The van der Waals surface area contributed by atoms with Gasteiger partial charge in [-0.25, -0.2) is 9.59 Å². The smallest absolute Gasteiger partial charge is 0.411 e. The van der Waals surface area contributed by atoms with E-state index in [-0.39, 0.29) is 25.5 Å². The highest BCUT2D eigenvalue weighted by Crippen LogP contribution is 2.13. The van der Waals surface area contributed by atoms with E-state index in [4.69, 9.17) is 9.47 Å². The molecule has 1 saturated heterocycles. The Bertz CT molecular complexity index is 841. The van der Waals surface area contributed by atoms with Gasteiger partial charge in [0.05, 0.1) is 0 Å². The van der Waals surface area contributed by atoms with Crippen molar-refractivity contribution in [3.8, 4) is 0 Å². The largest absolute Gasteiger partial charge is 0.458 e. The van der Waals surface area contributed by atoms with Crippen LogP contribution < -0.4 is 0 Å². The van der Waals surface area contributed by atoms with Gasteiger partial charge in [0.2, 0.25) is 12.0 Å². The maximum Gasteiger partial charge on any atom is 0.411 e. The molecule has 0 saturated carbocycles. The number of likely N-dealkylation sites (N-methyl/N-ethyl adjacent to an activating group) is 1. The predicted molar refractivity (Wildman–Crippen MR) is 106 cm³/mol. The Morgan fingerprint density at radius 1 is 0.966 bits per heavy atom. The Morgan fingerprint density at radius 2 is 1.59 bits per heavy atom. The molecule has 1 fully saturated rings. The lowest BCUT2D eigenvalue weighted by atomic mass is 10.1. The average molecular weight is 396 g/mol. The number of nitrogens with zero attached hydrogens (tertiary/aromatic N) is 2. The molecule has 0 radical (unpaired) electrons. The van der Waals surface area contributed by atoms with Gasteiger partial charge in [-0.05, 0) is 11.1 Å². The van der Waals surface area contributed by atoms with Crippen molar-refractivity contribution in [2.75, 3.05) is 26.7 Å². The molecular weight excluding hydrogens is 372 g/mol. The molecule has 1 unspecified atom stereocenters. The van der Waals surface area contributed by atoms with Crippen molar-refractivity contribution in [1.82, 2.24) is 9.80 Å². The third-order valence-corrected chi connectivity index (χ3v) is 4.71. The molecule has 152 valence electrons. The van der Waals surface area contributed by atoms with E-state index in [2.05, 4.69) is 0 Å². The molecule has 7 nitrogen and oxygen atoms in total. The highest BCUT2D eigenvalue weighted by Gasteiger charge is 2.31. The number of hydrogen-bond acceptors (Lipinski definition) is 5. The molecule has 0 N–H and O–H groups in total. The van der Waals surface area contributed by atoms with E-state index < -0.39 is 18.2 Å². The van der Waals surface area contributed by atoms with E-state index in [0.717, 1.165) is 11.1 Å². The first-order valence-corrected chi connectivity index (χ1v) is 9.47.